The Kier molecular flexibility index (Phi) is 7.02. The fourth-order valence-electron chi connectivity index (χ4n) is 2.37. The van der Waals surface area contributed by atoms with Crippen LogP contribution in [0.25, 0.3) is 10.8 Å². The van der Waals surface area contributed by atoms with Crippen molar-refractivity contribution >= 4 is 22.7 Å². The number of fused-ring (bicyclic) bond motifs is 1. The van der Waals surface area contributed by atoms with Gasteiger partial charge in [-0.05, 0) is 35.7 Å². The van der Waals surface area contributed by atoms with Crippen LogP contribution in [0.15, 0.2) is 55.1 Å². The fourth-order valence-corrected chi connectivity index (χ4v) is 2.37. The lowest BCUT2D eigenvalue weighted by Crippen LogP contribution is -2.07. The number of ether oxygens (including phenoxy) is 2. The molecule has 0 aliphatic heterocycles. The van der Waals surface area contributed by atoms with Gasteiger partial charge in [0.25, 0.3) is 0 Å². The van der Waals surface area contributed by atoms with Crippen LogP contribution in [0.3, 0.4) is 0 Å². The Morgan fingerprint density at radius 3 is 2.50 bits per heavy atom. The Morgan fingerprint density at radius 2 is 1.71 bits per heavy atom. The third-order valence-electron chi connectivity index (χ3n) is 3.64. The Hall–Kier alpha value is -2.62. The predicted molar refractivity (Wildman–Crippen MR) is 93.8 cm³/mol. The summed E-state index contributed by atoms with van der Waals surface area (Å²) in [5, 5.41) is 2.17. The monoisotopic (exact) mass is 326 g/mol. The van der Waals surface area contributed by atoms with Crippen LogP contribution < -0.4 is 4.74 Å². The van der Waals surface area contributed by atoms with Crippen molar-refractivity contribution in [3.8, 4) is 5.75 Å². The van der Waals surface area contributed by atoms with Crippen LogP contribution in [0.4, 0.5) is 0 Å². The normalized spacial score (nSPS) is 10.3. The average Bonchev–Trinajstić information content (AvgIpc) is 2.60. The maximum absolute atomic E-state index is 11.9. The molecule has 126 valence electrons. The van der Waals surface area contributed by atoms with Gasteiger partial charge < -0.3 is 9.47 Å². The molecule has 0 amide bonds. The molecule has 0 heterocycles. The molecule has 4 nitrogen and oxygen atoms in total. The maximum atomic E-state index is 11.9. The van der Waals surface area contributed by atoms with E-state index in [-0.39, 0.29) is 5.97 Å². The summed E-state index contributed by atoms with van der Waals surface area (Å²) in [6.07, 6.45) is 4.91. The summed E-state index contributed by atoms with van der Waals surface area (Å²) in [5.41, 5.74) is 0. The van der Waals surface area contributed by atoms with Crippen LogP contribution in [0.1, 0.15) is 32.1 Å². The summed E-state index contributed by atoms with van der Waals surface area (Å²) in [6.45, 7) is 3.73. The van der Waals surface area contributed by atoms with Crippen molar-refractivity contribution in [2.75, 3.05) is 6.61 Å². The van der Waals surface area contributed by atoms with Crippen molar-refractivity contribution in [1.29, 1.82) is 0 Å². The largest absolute Gasteiger partial charge is 0.463 e. The fraction of sp³-hybridized carbons (Fsp3) is 0.300. The van der Waals surface area contributed by atoms with Gasteiger partial charge in [0.2, 0.25) is 0 Å². The van der Waals surface area contributed by atoms with Gasteiger partial charge in [0, 0.05) is 12.5 Å². The van der Waals surface area contributed by atoms with E-state index >= 15 is 0 Å². The van der Waals surface area contributed by atoms with Gasteiger partial charge in [-0.2, -0.15) is 0 Å². The molecule has 0 saturated heterocycles. The van der Waals surface area contributed by atoms with E-state index in [1.807, 2.05) is 42.5 Å². The first-order valence-electron chi connectivity index (χ1n) is 8.18. The van der Waals surface area contributed by atoms with E-state index in [1.54, 1.807) is 0 Å². The smallest absolute Gasteiger partial charge is 0.330 e. The van der Waals surface area contributed by atoms with E-state index in [0.717, 1.165) is 42.5 Å². The van der Waals surface area contributed by atoms with Crippen molar-refractivity contribution in [2.45, 2.75) is 32.1 Å². The highest BCUT2D eigenvalue weighted by Crippen LogP contribution is 2.21. The van der Waals surface area contributed by atoms with Crippen LogP contribution in [-0.2, 0) is 14.3 Å². The predicted octanol–water partition coefficient (Wildman–Crippen LogP) is 4.42. The standard InChI is InChI=1S/C20H22O4/c1-2-19(21)23-14-8-4-3-5-11-20(22)24-18-13-12-16-9-6-7-10-17(16)15-18/h2,6-7,9-10,12-13,15H,1,3-5,8,11,14H2. The Bertz CT molecular complexity index is 706. The molecule has 0 bridgehead atoms. The van der Waals surface area contributed by atoms with E-state index < -0.39 is 5.97 Å². The third kappa shape index (κ3) is 5.88. The first kappa shape index (κ1) is 17.7. The lowest BCUT2D eigenvalue weighted by Gasteiger charge is -2.06. The summed E-state index contributed by atoms with van der Waals surface area (Å²) in [4.78, 5) is 22.7. The van der Waals surface area contributed by atoms with Crippen molar-refractivity contribution in [3.05, 3.63) is 55.1 Å². The van der Waals surface area contributed by atoms with Gasteiger partial charge in [-0.1, -0.05) is 49.8 Å². The number of benzene rings is 2. The SMILES string of the molecule is C=CC(=O)OCCCCCCC(=O)Oc1ccc2ccccc2c1. The molecule has 0 N–H and O–H groups in total. The van der Waals surface area contributed by atoms with E-state index in [1.165, 1.54) is 0 Å². The molecule has 0 aromatic heterocycles. The average molecular weight is 326 g/mol. The zero-order valence-corrected chi connectivity index (χ0v) is 13.7. The van der Waals surface area contributed by atoms with Gasteiger partial charge >= 0.3 is 11.9 Å². The highest BCUT2D eigenvalue weighted by atomic mass is 16.5. The van der Waals surface area contributed by atoms with Crippen molar-refractivity contribution in [2.24, 2.45) is 0 Å². The first-order chi connectivity index (χ1) is 11.7. The van der Waals surface area contributed by atoms with Crippen LogP contribution >= 0.6 is 0 Å². The molecule has 2 aromatic rings. The second-order valence-electron chi connectivity index (χ2n) is 5.52. The maximum Gasteiger partial charge on any atom is 0.330 e. The molecule has 4 heteroatoms. The minimum Gasteiger partial charge on any atom is -0.463 e. The molecule has 0 radical (unpaired) electrons. The first-order valence-corrected chi connectivity index (χ1v) is 8.18. The number of carbonyl (C=O) groups is 2. The summed E-state index contributed by atoms with van der Waals surface area (Å²) in [7, 11) is 0. The highest BCUT2D eigenvalue weighted by Gasteiger charge is 2.05. The second kappa shape index (κ2) is 9.50. The topological polar surface area (TPSA) is 52.6 Å². The molecule has 0 spiro atoms. The number of unbranched alkanes of at least 4 members (excludes halogenated alkanes) is 3. The van der Waals surface area contributed by atoms with Gasteiger partial charge in [0.15, 0.2) is 0 Å². The van der Waals surface area contributed by atoms with Crippen LogP contribution in [0.5, 0.6) is 5.75 Å². The zero-order chi connectivity index (χ0) is 17.2. The lowest BCUT2D eigenvalue weighted by atomic mass is 10.1. The molecular weight excluding hydrogens is 304 g/mol. The van der Waals surface area contributed by atoms with Gasteiger partial charge in [-0.3, -0.25) is 4.79 Å². The van der Waals surface area contributed by atoms with Crippen molar-refractivity contribution < 1.29 is 19.1 Å². The molecule has 0 aliphatic carbocycles. The summed E-state index contributed by atoms with van der Waals surface area (Å²) in [6, 6.07) is 13.6. The number of carbonyl (C=O) groups excluding carboxylic acids is 2. The highest BCUT2D eigenvalue weighted by molar-refractivity contribution is 5.84. The summed E-state index contributed by atoms with van der Waals surface area (Å²) in [5.74, 6) is -0.0348. The number of rotatable bonds is 9. The summed E-state index contributed by atoms with van der Waals surface area (Å²) < 4.78 is 10.3. The molecule has 24 heavy (non-hydrogen) atoms. The minimum atomic E-state index is -0.394. The van der Waals surface area contributed by atoms with Gasteiger partial charge in [-0.15, -0.1) is 0 Å². The number of esters is 2. The van der Waals surface area contributed by atoms with Gasteiger partial charge in [-0.25, -0.2) is 4.79 Å². The third-order valence-corrected chi connectivity index (χ3v) is 3.64. The van der Waals surface area contributed by atoms with E-state index in [4.69, 9.17) is 9.47 Å². The van der Waals surface area contributed by atoms with Crippen molar-refractivity contribution in [3.63, 3.8) is 0 Å². The number of hydrogen-bond acceptors (Lipinski definition) is 4. The van der Waals surface area contributed by atoms with Crippen LogP contribution in [0, 0.1) is 0 Å². The Balaban J connectivity index is 1.64. The molecule has 2 rings (SSSR count). The van der Waals surface area contributed by atoms with E-state index in [2.05, 4.69) is 6.58 Å². The molecule has 0 fully saturated rings. The summed E-state index contributed by atoms with van der Waals surface area (Å²) >= 11 is 0. The van der Waals surface area contributed by atoms with E-state index in [9.17, 15) is 9.59 Å². The Morgan fingerprint density at radius 1 is 0.958 bits per heavy atom. The van der Waals surface area contributed by atoms with Crippen LogP contribution in [-0.4, -0.2) is 18.5 Å². The lowest BCUT2D eigenvalue weighted by molar-refractivity contribution is -0.137. The van der Waals surface area contributed by atoms with E-state index in [0.29, 0.717) is 18.8 Å². The zero-order valence-electron chi connectivity index (χ0n) is 13.7. The molecule has 0 aliphatic rings. The second-order valence-corrected chi connectivity index (χ2v) is 5.52. The minimum absolute atomic E-state index is 0.219. The molecular formula is C20H22O4. The molecule has 2 aromatic carbocycles. The van der Waals surface area contributed by atoms with Gasteiger partial charge in [0.05, 0.1) is 6.61 Å². The Labute approximate surface area is 142 Å². The van der Waals surface area contributed by atoms with Gasteiger partial charge in [0.1, 0.15) is 5.75 Å². The molecule has 0 unspecified atom stereocenters. The quantitative estimate of drug-likeness (QED) is 0.296. The van der Waals surface area contributed by atoms with Crippen molar-refractivity contribution in [1.82, 2.24) is 0 Å². The van der Waals surface area contributed by atoms with Crippen LogP contribution in [0.2, 0.25) is 0 Å². The molecule has 0 saturated carbocycles. The molecule has 0 atom stereocenters. The number of hydrogen-bond donors (Lipinski definition) is 0.